The molecule has 2 rings (SSSR count). The molecule has 0 aliphatic heterocycles. The van der Waals surface area contributed by atoms with Crippen LogP contribution in [-0.2, 0) is 18.3 Å². The second-order valence-electron chi connectivity index (χ2n) is 6.42. The van der Waals surface area contributed by atoms with Gasteiger partial charge in [-0.05, 0) is 43.2 Å². The number of nitrogens with zero attached hydrogens (tertiary/aromatic N) is 2. The number of nitrogens with one attached hydrogen (secondary N) is 1. The molecule has 0 saturated heterocycles. The average Bonchev–Trinajstić information content (AvgIpc) is 2.90. The summed E-state index contributed by atoms with van der Waals surface area (Å²) in [5, 5.41) is 7.19. The zero-order valence-corrected chi connectivity index (χ0v) is 13.1. The summed E-state index contributed by atoms with van der Waals surface area (Å²) in [5.74, 6) is 0.161. The third kappa shape index (κ3) is 4.84. The molecule has 1 aromatic rings. The number of carbonyl (C=O) groups is 1. The SMILES string of the molecule is Cn1cc(CCCNC(=O)CC2(CN)CCCCC2)cn1. The van der Waals surface area contributed by atoms with E-state index < -0.39 is 0 Å². The highest BCUT2D eigenvalue weighted by molar-refractivity contribution is 5.76. The van der Waals surface area contributed by atoms with Gasteiger partial charge in [0.1, 0.15) is 0 Å². The van der Waals surface area contributed by atoms with Crippen molar-refractivity contribution in [1.29, 1.82) is 0 Å². The fourth-order valence-corrected chi connectivity index (χ4v) is 3.28. The molecular weight excluding hydrogens is 264 g/mol. The molecule has 0 atom stereocenters. The lowest BCUT2D eigenvalue weighted by atomic mass is 9.71. The van der Waals surface area contributed by atoms with Crippen LogP contribution in [0.4, 0.5) is 0 Å². The molecule has 1 heterocycles. The molecule has 0 spiro atoms. The second kappa shape index (κ2) is 7.59. The summed E-state index contributed by atoms with van der Waals surface area (Å²) >= 11 is 0. The lowest BCUT2D eigenvalue weighted by Crippen LogP contribution is -2.38. The van der Waals surface area contributed by atoms with Crippen LogP contribution in [0.25, 0.3) is 0 Å². The number of aryl methyl sites for hydroxylation is 2. The van der Waals surface area contributed by atoms with Crippen LogP contribution in [0.2, 0.25) is 0 Å². The van der Waals surface area contributed by atoms with Gasteiger partial charge < -0.3 is 11.1 Å². The standard InChI is InChI=1S/C16H28N4O/c1-20-12-14(11-19-20)6-5-9-18-15(21)10-16(13-17)7-3-2-4-8-16/h11-12H,2-10,13,17H2,1H3,(H,18,21). The van der Waals surface area contributed by atoms with Crippen molar-refractivity contribution in [3.63, 3.8) is 0 Å². The molecule has 1 saturated carbocycles. The third-order valence-electron chi connectivity index (χ3n) is 4.61. The molecule has 3 N–H and O–H groups in total. The van der Waals surface area contributed by atoms with Crippen molar-refractivity contribution < 1.29 is 4.79 Å². The first kappa shape index (κ1) is 16.0. The molecule has 118 valence electrons. The Morgan fingerprint density at radius 3 is 2.81 bits per heavy atom. The van der Waals surface area contributed by atoms with E-state index in [2.05, 4.69) is 10.4 Å². The fourth-order valence-electron chi connectivity index (χ4n) is 3.28. The Hall–Kier alpha value is -1.36. The first-order valence-electron chi connectivity index (χ1n) is 8.08. The molecule has 21 heavy (non-hydrogen) atoms. The molecule has 1 aromatic heterocycles. The Morgan fingerprint density at radius 2 is 2.19 bits per heavy atom. The number of rotatable bonds is 7. The normalized spacial score (nSPS) is 17.6. The summed E-state index contributed by atoms with van der Waals surface area (Å²) in [5.41, 5.74) is 7.21. The van der Waals surface area contributed by atoms with Crippen LogP contribution in [0.3, 0.4) is 0 Å². The number of carbonyl (C=O) groups excluding carboxylic acids is 1. The van der Waals surface area contributed by atoms with Crippen LogP contribution < -0.4 is 11.1 Å². The van der Waals surface area contributed by atoms with Gasteiger partial charge in [0.15, 0.2) is 0 Å². The summed E-state index contributed by atoms with van der Waals surface area (Å²) in [4.78, 5) is 12.1. The van der Waals surface area contributed by atoms with E-state index in [1.54, 1.807) is 0 Å². The van der Waals surface area contributed by atoms with E-state index in [0.29, 0.717) is 13.0 Å². The molecule has 0 radical (unpaired) electrons. The molecule has 1 amide bonds. The Kier molecular flexibility index (Phi) is 5.79. The quantitative estimate of drug-likeness (QED) is 0.752. The minimum atomic E-state index is 0.0612. The minimum Gasteiger partial charge on any atom is -0.356 e. The Bertz CT molecular complexity index is 449. The van der Waals surface area contributed by atoms with Gasteiger partial charge in [-0.2, -0.15) is 5.10 Å². The van der Waals surface area contributed by atoms with Crippen molar-refractivity contribution in [2.24, 2.45) is 18.2 Å². The second-order valence-corrected chi connectivity index (χ2v) is 6.42. The summed E-state index contributed by atoms with van der Waals surface area (Å²) < 4.78 is 1.81. The molecule has 0 bridgehead atoms. The number of hydrogen-bond acceptors (Lipinski definition) is 3. The zero-order chi connectivity index (χ0) is 15.1. The average molecular weight is 292 g/mol. The predicted molar refractivity (Wildman–Crippen MR) is 83.7 cm³/mol. The van der Waals surface area contributed by atoms with Gasteiger partial charge in [-0.15, -0.1) is 0 Å². The number of aromatic nitrogens is 2. The van der Waals surface area contributed by atoms with Crippen molar-refractivity contribution in [3.8, 4) is 0 Å². The van der Waals surface area contributed by atoms with E-state index in [1.807, 2.05) is 24.1 Å². The number of hydrogen-bond donors (Lipinski definition) is 2. The summed E-state index contributed by atoms with van der Waals surface area (Å²) in [6.45, 7) is 1.37. The fraction of sp³-hybridized carbons (Fsp3) is 0.750. The predicted octanol–water partition coefficient (Wildman–Crippen LogP) is 1.77. The topological polar surface area (TPSA) is 72.9 Å². The maximum Gasteiger partial charge on any atom is 0.220 e. The minimum absolute atomic E-state index is 0.0612. The van der Waals surface area contributed by atoms with Gasteiger partial charge in [0.05, 0.1) is 6.20 Å². The van der Waals surface area contributed by atoms with Crippen molar-refractivity contribution >= 4 is 5.91 Å². The lowest BCUT2D eigenvalue weighted by Gasteiger charge is -2.35. The summed E-state index contributed by atoms with van der Waals surface area (Å²) in [7, 11) is 1.92. The monoisotopic (exact) mass is 292 g/mol. The van der Waals surface area contributed by atoms with Gasteiger partial charge in [-0.25, -0.2) is 0 Å². The van der Waals surface area contributed by atoms with Crippen LogP contribution >= 0.6 is 0 Å². The van der Waals surface area contributed by atoms with Gasteiger partial charge in [0.2, 0.25) is 5.91 Å². The molecule has 5 heteroatoms. The van der Waals surface area contributed by atoms with E-state index in [0.717, 1.165) is 32.2 Å². The first-order valence-corrected chi connectivity index (χ1v) is 8.08. The Labute approximate surface area is 127 Å². The first-order chi connectivity index (χ1) is 10.1. The Balaban J connectivity index is 1.67. The molecule has 0 aromatic carbocycles. The summed E-state index contributed by atoms with van der Waals surface area (Å²) in [6, 6.07) is 0. The van der Waals surface area contributed by atoms with Crippen molar-refractivity contribution in [3.05, 3.63) is 18.0 Å². The van der Waals surface area contributed by atoms with Gasteiger partial charge in [-0.1, -0.05) is 19.3 Å². The van der Waals surface area contributed by atoms with Crippen LogP contribution in [0, 0.1) is 5.41 Å². The molecule has 0 unspecified atom stereocenters. The maximum atomic E-state index is 12.1. The molecule has 1 aliphatic carbocycles. The van der Waals surface area contributed by atoms with Crippen molar-refractivity contribution in [2.75, 3.05) is 13.1 Å². The Morgan fingerprint density at radius 1 is 1.43 bits per heavy atom. The molecule has 1 aliphatic rings. The van der Waals surface area contributed by atoms with Crippen LogP contribution in [0.15, 0.2) is 12.4 Å². The van der Waals surface area contributed by atoms with E-state index in [9.17, 15) is 4.79 Å². The van der Waals surface area contributed by atoms with Gasteiger partial charge in [-0.3, -0.25) is 9.48 Å². The number of amides is 1. The third-order valence-corrected chi connectivity index (χ3v) is 4.61. The zero-order valence-electron chi connectivity index (χ0n) is 13.1. The van der Waals surface area contributed by atoms with E-state index in [4.69, 9.17) is 5.73 Å². The van der Waals surface area contributed by atoms with Gasteiger partial charge in [0, 0.05) is 26.2 Å². The molecule has 1 fully saturated rings. The van der Waals surface area contributed by atoms with E-state index >= 15 is 0 Å². The van der Waals surface area contributed by atoms with Gasteiger partial charge in [0.25, 0.3) is 0 Å². The van der Waals surface area contributed by atoms with E-state index in [1.165, 1.54) is 24.8 Å². The van der Waals surface area contributed by atoms with Crippen LogP contribution in [0.1, 0.15) is 50.5 Å². The highest BCUT2D eigenvalue weighted by Crippen LogP contribution is 2.38. The van der Waals surface area contributed by atoms with Crippen LogP contribution in [-0.4, -0.2) is 28.8 Å². The highest BCUT2D eigenvalue weighted by atomic mass is 16.1. The van der Waals surface area contributed by atoms with E-state index in [-0.39, 0.29) is 11.3 Å². The lowest BCUT2D eigenvalue weighted by molar-refractivity contribution is -0.123. The molecule has 5 nitrogen and oxygen atoms in total. The van der Waals surface area contributed by atoms with Crippen molar-refractivity contribution in [2.45, 2.75) is 51.4 Å². The smallest absolute Gasteiger partial charge is 0.220 e. The van der Waals surface area contributed by atoms with Crippen LogP contribution in [0.5, 0.6) is 0 Å². The highest BCUT2D eigenvalue weighted by Gasteiger charge is 2.32. The van der Waals surface area contributed by atoms with Crippen molar-refractivity contribution in [1.82, 2.24) is 15.1 Å². The number of nitrogens with two attached hydrogens (primary N) is 1. The maximum absolute atomic E-state index is 12.1. The van der Waals surface area contributed by atoms with Gasteiger partial charge >= 0.3 is 0 Å². The summed E-state index contributed by atoms with van der Waals surface area (Å²) in [6.07, 6.45) is 12.3. The largest absolute Gasteiger partial charge is 0.356 e. The molecular formula is C16H28N4O.